The van der Waals surface area contributed by atoms with E-state index in [-0.39, 0.29) is 0 Å². The Morgan fingerprint density at radius 3 is 2.55 bits per heavy atom. The lowest BCUT2D eigenvalue weighted by atomic mass is 9.99. The maximum atomic E-state index is 11.0. The Morgan fingerprint density at radius 1 is 1.00 bits per heavy atom. The Balaban J connectivity index is 1.51. The van der Waals surface area contributed by atoms with Gasteiger partial charge in [0.25, 0.3) is 0 Å². The molecule has 0 fully saturated rings. The first-order valence-corrected chi connectivity index (χ1v) is 9.95. The molecule has 3 aromatic carbocycles. The van der Waals surface area contributed by atoms with Crippen molar-refractivity contribution in [2.75, 3.05) is 18.6 Å². The van der Waals surface area contributed by atoms with E-state index in [4.69, 9.17) is 9.84 Å². The summed E-state index contributed by atoms with van der Waals surface area (Å²) in [5.41, 5.74) is 6.86. The molecule has 0 aromatic heterocycles. The molecule has 0 saturated carbocycles. The second-order valence-electron chi connectivity index (χ2n) is 7.45. The molecule has 4 heteroatoms. The van der Waals surface area contributed by atoms with Crippen LogP contribution in [0.5, 0.6) is 5.75 Å². The number of anilines is 1. The van der Waals surface area contributed by atoms with Gasteiger partial charge in [0.2, 0.25) is 0 Å². The van der Waals surface area contributed by atoms with Crippen molar-refractivity contribution < 1.29 is 14.6 Å². The largest absolute Gasteiger partial charge is 0.497 e. The fraction of sp³-hybridized carbons (Fsp3) is 0.240. The number of hydrogen-bond donors (Lipinski definition) is 1. The zero-order valence-electron chi connectivity index (χ0n) is 16.6. The molecule has 29 heavy (non-hydrogen) atoms. The number of benzene rings is 3. The normalized spacial score (nSPS) is 12.7. The smallest absolute Gasteiger partial charge is 0.335 e. The first kappa shape index (κ1) is 19.1. The summed E-state index contributed by atoms with van der Waals surface area (Å²) in [6, 6.07) is 22.1. The molecule has 0 spiro atoms. The van der Waals surface area contributed by atoms with Crippen LogP contribution < -0.4 is 9.64 Å². The third-order valence-electron chi connectivity index (χ3n) is 5.56. The molecule has 0 bridgehead atoms. The van der Waals surface area contributed by atoms with Gasteiger partial charge in [0.05, 0.1) is 12.7 Å². The van der Waals surface area contributed by atoms with Crippen molar-refractivity contribution in [2.45, 2.75) is 25.8 Å². The van der Waals surface area contributed by atoms with Crippen molar-refractivity contribution in [3.8, 4) is 5.75 Å². The molecule has 4 nitrogen and oxygen atoms in total. The van der Waals surface area contributed by atoms with Crippen LogP contribution in [0.2, 0.25) is 0 Å². The maximum absolute atomic E-state index is 11.0. The molecule has 4 rings (SSSR count). The van der Waals surface area contributed by atoms with Crippen molar-refractivity contribution in [2.24, 2.45) is 0 Å². The number of nitrogens with zero attached hydrogens (tertiary/aromatic N) is 1. The number of fused-ring (bicyclic) bond motifs is 1. The summed E-state index contributed by atoms with van der Waals surface area (Å²) in [5.74, 6) is 0.00521. The average Bonchev–Trinajstić information content (AvgIpc) is 3.16. The van der Waals surface area contributed by atoms with E-state index in [9.17, 15) is 4.79 Å². The highest BCUT2D eigenvalue weighted by Gasteiger charge is 2.22. The zero-order valence-corrected chi connectivity index (χ0v) is 16.6. The summed E-state index contributed by atoms with van der Waals surface area (Å²) in [4.78, 5) is 13.5. The van der Waals surface area contributed by atoms with Gasteiger partial charge in [0.15, 0.2) is 0 Å². The van der Waals surface area contributed by atoms with Crippen molar-refractivity contribution in [3.63, 3.8) is 0 Å². The number of carbonyl (C=O) groups is 1. The van der Waals surface area contributed by atoms with Crippen molar-refractivity contribution >= 4 is 11.7 Å². The zero-order chi connectivity index (χ0) is 20.2. The van der Waals surface area contributed by atoms with Gasteiger partial charge < -0.3 is 14.7 Å². The van der Waals surface area contributed by atoms with E-state index in [0.29, 0.717) is 5.56 Å². The van der Waals surface area contributed by atoms with E-state index in [2.05, 4.69) is 35.2 Å². The Morgan fingerprint density at radius 2 is 1.79 bits per heavy atom. The lowest BCUT2D eigenvalue weighted by molar-refractivity contribution is 0.0697. The number of aromatic carboxylic acids is 1. The Bertz CT molecular complexity index is 1010. The van der Waals surface area contributed by atoms with Crippen molar-refractivity contribution in [1.29, 1.82) is 0 Å². The molecule has 0 atom stereocenters. The molecule has 3 aromatic rings. The molecular formula is C25H25NO3. The standard InChI is InChI=1S/C25H25NO3/c1-29-23-7-2-4-19(16-23)17-26-15-14-21-6-3-5-20(24(21)26)11-8-18-9-12-22(13-10-18)25(27)28/h2-7,9-10,12-13,16H,8,11,14-15,17H2,1H3,(H,27,28). The summed E-state index contributed by atoms with van der Waals surface area (Å²) < 4.78 is 5.37. The Hall–Kier alpha value is -3.27. The monoisotopic (exact) mass is 387 g/mol. The van der Waals surface area contributed by atoms with Crippen molar-refractivity contribution in [3.05, 3.63) is 94.5 Å². The van der Waals surface area contributed by atoms with Gasteiger partial charge in [-0.25, -0.2) is 4.79 Å². The van der Waals surface area contributed by atoms with Gasteiger partial charge in [0, 0.05) is 18.8 Å². The van der Waals surface area contributed by atoms with Gasteiger partial charge in [0.1, 0.15) is 5.75 Å². The minimum atomic E-state index is -0.884. The molecule has 1 aliphatic rings. The van der Waals surface area contributed by atoms with E-state index in [1.54, 1.807) is 19.2 Å². The van der Waals surface area contributed by atoms with Gasteiger partial charge in [-0.1, -0.05) is 42.5 Å². The number of aryl methyl sites for hydroxylation is 2. The summed E-state index contributed by atoms with van der Waals surface area (Å²) in [7, 11) is 1.70. The van der Waals surface area contributed by atoms with Crippen LogP contribution in [0, 0.1) is 0 Å². The summed E-state index contributed by atoms with van der Waals surface area (Å²) >= 11 is 0. The minimum Gasteiger partial charge on any atom is -0.497 e. The second-order valence-corrected chi connectivity index (χ2v) is 7.45. The fourth-order valence-corrected chi connectivity index (χ4v) is 4.06. The first-order chi connectivity index (χ1) is 14.1. The second kappa shape index (κ2) is 8.39. The van der Waals surface area contributed by atoms with Crippen LogP contribution in [0.4, 0.5) is 5.69 Å². The predicted octanol–water partition coefficient (Wildman–Crippen LogP) is 4.74. The maximum Gasteiger partial charge on any atom is 0.335 e. The molecule has 0 amide bonds. The van der Waals surface area contributed by atoms with Crippen LogP contribution in [0.15, 0.2) is 66.7 Å². The summed E-state index contributed by atoms with van der Waals surface area (Å²) in [5, 5.41) is 9.06. The van der Waals surface area contributed by atoms with Gasteiger partial charge in [-0.2, -0.15) is 0 Å². The Kier molecular flexibility index (Phi) is 5.52. The molecule has 1 aliphatic heterocycles. The SMILES string of the molecule is COc1cccc(CN2CCc3cccc(CCc4ccc(C(=O)O)cc4)c32)c1. The third-order valence-corrected chi connectivity index (χ3v) is 5.56. The number of carboxylic acid groups (broad SMARTS) is 1. The van der Waals surface area contributed by atoms with Gasteiger partial charge in [-0.3, -0.25) is 0 Å². The van der Waals surface area contributed by atoms with Crippen LogP contribution in [-0.2, 0) is 25.8 Å². The molecule has 1 heterocycles. The van der Waals surface area contributed by atoms with Gasteiger partial charge >= 0.3 is 5.97 Å². The number of methoxy groups -OCH3 is 1. The molecule has 0 unspecified atom stereocenters. The highest BCUT2D eigenvalue weighted by atomic mass is 16.5. The molecule has 1 N–H and O–H groups in total. The predicted molar refractivity (Wildman–Crippen MR) is 115 cm³/mol. The molecule has 0 aliphatic carbocycles. The van der Waals surface area contributed by atoms with Crippen LogP contribution in [0.3, 0.4) is 0 Å². The third kappa shape index (κ3) is 4.27. The van der Waals surface area contributed by atoms with Gasteiger partial charge in [-0.15, -0.1) is 0 Å². The lowest BCUT2D eigenvalue weighted by Crippen LogP contribution is -2.21. The van der Waals surface area contributed by atoms with Crippen LogP contribution in [0.25, 0.3) is 0 Å². The molecule has 0 saturated heterocycles. The number of para-hydroxylation sites is 1. The molecular weight excluding hydrogens is 362 g/mol. The quantitative estimate of drug-likeness (QED) is 0.636. The first-order valence-electron chi connectivity index (χ1n) is 9.95. The highest BCUT2D eigenvalue weighted by Crippen LogP contribution is 2.34. The fourth-order valence-electron chi connectivity index (χ4n) is 4.06. The van der Waals surface area contributed by atoms with E-state index >= 15 is 0 Å². The van der Waals surface area contributed by atoms with E-state index < -0.39 is 5.97 Å². The number of hydrogen-bond acceptors (Lipinski definition) is 3. The summed E-state index contributed by atoms with van der Waals surface area (Å²) in [6.45, 7) is 1.89. The van der Waals surface area contributed by atoms with Crippen LogP contribution in [-0.4, -0.2) is 24.7 Å². The minimum absolute atomic E-state index is 0.332. The Labute approximate surface area is 171 Å². The topological polar surface area (TPSA) is 49.8 Å². The van der Waals surface area contributed by atoms with Gasteiger partial charge in [-0.05, 0) is 65.8 Å². The van der Waals surface area contributed by atoms with E-state index in [1.807, 2.05) is 24.3 Å². The number of carboxylic acids is 1. The number of rotatable bonds is 7. The van der Waals surface area contributed by atoms with Crippen LogP contribution >= 0.6 is 0 Å². The van der Waals surface area contributed by atoms with Crippen molar-refractivity contribution in [1.82, 2.24) is 0 Å². The average molecular weight is 387 g/mol. The molecule has 148 valence electrons. The highest BCUT2D eigenvalue weighted by molar-refractivity contribution is 5.87. The van der Waals surface area contributed by atoms with Crippen LogP contribution in [0.1, 0.15) is 32.6 Å². The summed E-state index contributed by atoms with van der Waals surface area (Å²) in [6.07, 6.45) is 2.90. The van der Waals surface area contributed by atoms with E-state index in [1.165, 1.54) is 22.4 Å². The molecule has 0 radical (unpaired) electrons. The number of ether oxygens (including phenoxy) is 1. The lowest BCUT2D eigenvalue weighted by Gasteiger charge is -2.23. The van der Waals surface area contributed by atoms with E-state index in [0.717, 1.165) is 43.7 Å².